The van der Waals surface area contributed by atoms with E-state index in [2.05, 4.69) is 32.3 Å². The van der Waals surface area contributed by atoms with Crippen LogP contribution in [0.4, 0.5) is 30.7 Å². The first-order valence-corrected chi connectivity index (χ1v) is 9.93. The Hall–Kier alpha value is -3.14. The van der Waals surface area contributed by atoms with Crippen molar-refractivity contribution in [3.05, 3.63) is 89.5 Å². The maximum atomic E-state index is 14.4. The van der Waals surface area contributed by atoms with Gasteiger partial charge in [-0.25, -0.2) is 4.39 Å². The minimum absolute atomic E-state index is 0. The molecule has 0 unspecified atom stereocenters. The van der Waals surface area contributed by atoms with Crippen LogP contribution in [0, 0.1) is 18.2 Å². The Morgan fingerprint density at radius 2 is 1.36 bits per heavy atom. The van der Waals surface area contributed by atoms with Crippen LogP contribution in [0.15, 0.2) is 48.5 Å². The first-order valence-electron chi connectivity index (χ1n) is 9.93. The Morgan fingerprint density at radius 3 is 1.94 bits per heavy atom. The molecule has 4 aromatic heterocycles. The van der Waals surface area contributed by atoms with Gasteiger partial charge in [-0.3, -0.25) is 10.1 Å². The molecule has 0 N–H and O–H groups in total. The van der Waals surface area contributed by atoms with Crippen molar-refractivity contribution in [3.63, 3.8) is 0 Å². The molecule has 4 aromatic rings. The predicted octanol–water partition coefficient (Wildman–Crippen LogP) is 5.82. The van der Waals surface area contributed by atoms with E-state index in [0.717, 1.165) is 4.68 Å². The molecule has 5 nitrogen and oxygen atoms in total. The molecule has 0 bridgehead atoms. The topological polar surface area (TPSA) is 56.5 Å². The van der Waals surface area contributed by atoms with Gasteiger partial charge < -0.3 is 14.6 Å². The predicted molar refractivity (Wildman–Crippen MR) is 109 cm³/mol. The molecule has 4 rings (SSSR count). The fourth-order valence-corrected chi connectivity index (χ4v) is 3.21. The zero-order chi connectivity index (χ0) is 25.6. The molecular formula is C23H14F7N5Pt. The summed E-state index contributed by atoms with van der Waals surface area (Å²) in [4.78, 5) is 11.7. The second-order valence-corrected chi connectivity index (χ2v) is 7.93. The molecular weight excluding hydrogens is 674 g/mol. The van der Waals surface area contributed by atoms with Crippen molar-refractivity contribution in [3.8, 4) is 17.1 Å². The van der Waals surface area contributed by atoms with Gasteiger partial charge in [0.2, 0.25) is 0 Å². The largest absolute Gasteiger partial charge is 2.00 e. The quantitative estimate of drug-likeness (QED) is 0.154. The summed E-state index contributed by atoms with van der Waals surface area (Å²) in [5.74, 6) is -1.30. The summed E-state index contributed by atoms with van der Waals surface area (Å²) in [6.45, 7) is 3.45. The Bertz CT molecular complexity index is 1380. The average molecular weight is 688 g/mol. The zero-order valence-electron chi connectivity index (χ0n) is 18.3. The van der Waals surface area contributed by atoms with E-state index in [0.29, 0.717) is 23.5 Å². The van der Waals surface area contributed by atoms with Crippen molar-refractivity contribution >= 4 is 0 Å². The number of rotatable bonds is 4. The fourth-order valence-electron chi connectivity index (χ4n) is 3.21. The van der Waals surface area contributed by atoms with E-state index in [4.69, 9.17) is 0 Å². The number of nitrogens with zero attached hydrogens (tertiary/aromatic N) is 5. The summed E-state index contributed by atoms with van der Waals surface area (Å²) in [5, 5.41) is 3.46. The summed E-state index contributed by atoms with van der Waals surface area (Å²) in [6.07, 6.45) is -7.09. The Balaban J connectivity index is 0.00000361. The Kier molecular flexibility index (Phi) is 7.41. The van der Waals surface area contributed by atoms with Gasteiger partial charge in [-0.15, -0.1) is 18.2 Å². The smallest absolute Gasteiger partial charge is 0.343 e. The number of pyridine rings is 3. The molecule has 0 radical (unpaired) electrons. The van der Waals surface area contributed by atoms with Gasteiger partial charge in [0.05, 0.1) is 17.2 Å². The van der Waals surface area contributed by atoms with Crippen LogP contribution in [0.5, 0.6) is 0 Å². The van der Waals surface area contributed by atoms with Gasteiger partial charge in [-0.1, -0.05) is 36.0 Å². The minimum Gasteiger partial charge on any atom is -0.343 e. The SMILES string of the molecule is CC(C)(c1cccc(-c2[c-]cc(C(F)(F)F)nc2F)n1)c1cccc(-n2[c-]cc(C(F)(F)F)n2)n1.[Pt+2]. The molecule has 4 heterocycles. The van der Waals surface area contributed by atoms with Crippen LogP contribution < -0.4 is 0 Å². The van der Waals surface area contributed by atoms with Gasteiger partial charge in [0.15, 0.2) is 0 Å². The second-order valence-electron chi connectivity index (χ2n) is 7.93. The van der Waals surface area contributed by atoms with E-state index < -0.39 is 35.1 Å². The summed E-state index contributed by atoms with van der Waals surface area (Å²) in [5.41, 5.74) is -3.06. The number of alkyl halides is 6. The molecule has 0 aliphatic heterocycles. The summed E-state index contributed by atoms with van der Waals surface area (Å²) < 4.78 is 92.2. The van der Waals surface area contributed by atoms with Crippen molar-refractivity contribution in [2.24, 2.45) is 0 Å². The molecule has 0 saturated heterocycles. The summed E-state index contributed by atoms with van der Waals surface area (Å²) in [6, 6.07) is 12.7. The number of halogens is 7. The monoisotopic (exact) mass is 688 g/mol. The van der Waals surface area contributed by atoms with Crippen molar-refractivity contribution < 1.29 is 51.8 Å². The Labute approximate surface area is 214 Å². The van der Waals surface area contributed by atoms with Gasteiger partial charge in [0.25, 0.3) is 0 Å². The molecule has 0 atom stereocenters. The number of hydrogen-bond acceptors (Lipinski definition) is 4. The molecule has 0 amide bonds. The molecule has 0 aromatic carbocycles. The van der Waals surface area contributed by atoms with Crippen molar-refractivity contribution in [2.45, 2.75) is 31.6 Å². The van der Waals surface area contributed by atoms with E-state index in [-0.39, 0.29) is 38.1 Å². The summed E-state index contributed by atoms with van der Waals surface area (Å²) in [7, 11) is 0. The maximum absolute atomic E-state index is 14.4. The number of aromatic nitrogens is 5. The van der Waals surface area contributed by atoms with Crippen LogP contribution in [-0.2, 0) is 38.8 Å². The van der Waals surface area contributed by atoms with Gasteiger partial charge in [-0.2, -0.15) is 26.3 Å². The van der Waals surface area contributed by atoms with E-state index in [1.807, 2.05) is 0 Å². The van der Waals surface area contributed by atoms with Gasteiger partial charge >= 0.3 is 33.4 Å². The van der Waals surface area contributed by atoms with Gasteiger partial charge in [0, 0.05) is 16.8 Å². The average Bonchev–Trinajstić information content (AvgIpc) is 3.30. The third kappa shape index (κ3) is 5.48. The minimum atomic E-state index is -4.82. The van der Waals surface area contributed by atoms with Crippen LogP contribution >= 0.6 is 0 Å². The van der Waals surface area contributed by atoms with E-state index in [1.165, 1.54) is 18.2 Å². The molecule has 190 valence electrons. The molecule has 13 heteroatoms. The maximum Gasteiger partial charge on any atom is 2.00 e. The van der Waals surface area contributed by atoms with Crippen molar-refractivity contribution in [2.75, 3.05) is 0 Å². The van der Waals surface area contributed by atoms with Gasteiger partial charge in [0.1, 0.15) is 5.95 Å². The normalized spacial score (nSPS) is 12.4. The zero-order valence-corrected chi connectivity index (χ0v) is 20.6. The van der Waals surface area contributed by atoms with Crippen LogP contribution in [0.1, 0.15) is 36.6 Å². The van der Waals surface area contributed by atoms with Crippen molar-refractivity contribution in [1.29, 1.82) is 0 Å². The molecule has 0 aliphatic carbocycles. The van der Waals surface area contributed by atoms with Gasteiger partial charge in [-0.05, 0) is 31.7 Å². The van der Waals surface area contributed by atoms with Crippen LogP contribution in [0.25, 0.3) is 17.1 Å². The van der Waals surface area contributed by atoms with E-state index >= 15 is 0 Å². The second kappa shape index (κ2) is 9.72. The van der Waals surface area contributed by atoms with E-state index in [9.17, 15) is 30.7 Å². The number of hydrogen-bond donors (Lipinski definition) is 0. The molecule has 36 heavy (non-hydrogen) atoms. The van der Waals surface area contributed by atoms with Crippen LogP contribution in [0.3, 0.4) is 0 Å². The summed E-state index contributed by atoms with van der Waals surface area (Å²) >= 11 is 0. The van der Waals surface area contributed by atoms with Crippen molar-refractivity contribution in [1.82, 2.24) is 24.7 Å². The van der Waals surface area contributed by atoms with Crippen LogP contribution in [-0.4, -0.2) is 24.7 Å². The molecule has 0 aliphatic rings. The third-order valence-electron chi connectivity index (χ3n) is 5.13. The Morgan fingerprint density at radius 1 is 0.750 bits per heavy atom. The standard InChI is InChI=1S/C23H14F7N5.Pt/c1-21(2,16-7-4-8-19(32-16)35-12-11-18(34-35)23(28,29)30)15-6-3-5-14(31-15)13-9-10-17(22(25,26)27)33-20(13)24;/h3-8,10-11H,1-2H3;/q-2;+2. The molecule has 0 fully saturated rings. The molecule has 0 saturated carbocycles. The molecule has 0 spiro atoms. The first kappa shape index (κ1) is 27.4. The van der Waals surface area contributed by atoms with E-state index in [1.54, 1.807) is 32.0 Å². The first-order chi connectivity index (χ1) is 16.3. The third-order valence-corrected chi connectivity index (χ3v) is 5.13. The van der Waals surface area contributed by atoms with Crippen LogP contribution in [0.2, 0.25) is 0 Å². The fraction of sp³-hybridized carbons (Fsp3) is 0.217.